The largest absolute Gasteiger partial charge is 0.368 e. The lowest BCUT2D eigenvalue weighted by Gasteiger charge is -2.30. The van der Waals surface area contributed by atoms with Crippen LogP contribution in [0.25, 0.3) is 0 Å². The number of hydrogen-bond donors (Lipinski definition) is 1. The maximum absolute atomic E-state index is 12.2. The van der Waals surface area contributed by atoms with Crippen LogP contribution in [0.5, 0.6) is 0 Å². The molecule has 0 spiro atoms. The Hall–Kier alpha value is -1.62. The summed E-state index contributed by atoms with van der Waals surface area (Å²) in [4.78, 5) is 28.1. The average Bonchev–Trinajstić information content (AvgIpc) is 2.91. The van der Waals surface area contributed by atoms with Gasteiger partial charge in [0.25, 0.3) is 5.91 Å². The summed E-state index contributed by atoms with van der Waals surface area (Å²) in [5, 5.41) is 0. The summed E-state index contributed by atoms with van der Waals surface area (Å²) >= 11 is 0. The molecule has 1 amide bonds. The third-order valence-electron chi connectivity index (χ3n) is 3.61. The molecule has 1 aromatic rings. The van der Waals surface area contributed by atoms with Gasteiger partial charge in [0, 0.05) is 37.9 Å². The molecule has 5 nitrogen and oxygen atoms in total. The molecule has 1 atom stereocenters. The molecule has 96 valence electrons. The van der Waals surface area contributed by atoms with Crippen LogP contribution in [0.15, 0.2) is 16.9 Å². The molecule has 3 rings (SSSR count). The van der Waals surface area contributed by atoms with Gasteiger partial charge in [-0.1, -0.05) is 6.07 Å². The van der Waals surface area contributed by atoms with E-state index in [-0.39, 0.29) is 17.6 Å². The summed E-state index contributed by atoms with van der Waals surface area (Å²) in [6, 6.07) is 3.32. The molecule has 2 aliphatic heterocycles. The fourth-order valence-electron chi connectivity index (χ4n) is 2.61. The highest BCUT2D eigenvalue weighted by Crippen LogP contribution is 2.20. The smallest absolute Gasteiger partial charge is 0.252 e. The van der Waals surface area contributed by atoms with E-state index in [1.54, 1.807) is 0 Å². The number of H-pyrrole nitrogens is 1. The molecule has 3 heterocycles. The van der Waals surface area contributed by atoms with Gasteiger partial charge in [0.05, 0.1) is 0 Å². The van der Waals surface area contributed by atoms with Gasteiger partial charge >= 0.3 is 0 Å². The molecule has 0 aliphatic carbocycles. The second-order valence-corrected chi connectivity index (χ2v) is 4.84. The number of carbonyl (C=O) groups is 1. The maximum Gasteiger partial charge on any atom is 0.252 e. The van der Waals surface area contributed by atoms with Crippen molar-refractivity contribution >= 4 is 5.91 Å². The first-order valence-corrected chi connectivity index (χ1v) is 6.35. The van der Waals surface area contributed by atoms with Crippen molar-refractivity contribution in [2.24, 2.45) is 0 Å². The molecule has 0 aromatic carbocycles. The zero-order valence-corrected chi connectivity index (χ0v) is 10.1. The summed E-state index contributed by atoms with van der Waals surface area (Å²) in [6.07, 6.45) is 2.25. The van der Waals surface area contributed by atoms with Gasteiger partial charge in [-0.05, 0) is 18.4 Å². The molecule has 1 saturated heterocycles. The van der Waals surface area contributed by atoms with Crippen LogP contribution in [-0.4, -0.2) is 35.0 Å². The topological polar surface area (TPSA) is 62.4 Å². The van der Waals surface area contributed by atoms with Crippen LogP contribution in [0.2, 0.25) is 0 Å². The van der Waals surface area contributed by atoms with Gasteiger partial charge in [0.1, 0.15) is 6.10 Å². The van der Waals surface area contributed by atoms with E-state index in [0.29, 0.717) is 26.1 Å². The first-order chi connectivity index (χ1) is 8.74. The molecular formula is C13H16N2O3. The van der Waals surface area contributed by atoms with Crippen molar-refractivity contribution in [2.45, 2.75) is 31.9 Å². The van der Waals surface area contributed by atoms with Gasteiger partial charge in [-0.2, -0.15) is 0 Å². The van der Waals surface area contributed by atoms with Crippen LogP contribution < -0.4 is 5.56 Å². The highest BCUT2D eigenvalue weighted by molar-refractivity contribution is 5.81. The van der Waals surface area contributed by atoms with Crippen LogP contribution in [0.3, 0.4) is 0 Å². The number of nitrogens with zero attached hydrogens (tertiary/aromatic N) is 1. The van der Waals surface area contributed by atoms with Crippen molar-refractivity contribution in [3.05, 3.63) is 33.7 Å². The van der Waals surface area contributed by atoms with Crippen molar-refractivity contribution in [3.63, 3.8) is 0 Å². The first-order valence-electron chi connectivity index (χ1n) is 6.35. The van der Waals surface area contributed by atoms with Crippen LogP contribution in [0, 0.1) is 0 Å². The number of pyridine rings is 1. The monoisotopic (exact) mass is 248 g/mol. The minimum absolute atomic E-state index is 0.0762. The molecule has 1 N–H and O–H groups in total. The Bertz CT molecular complexity index is 517. The number of carbonyl (C=O) groups excluding carboxylic acids is 1. The summed E-state index contributed by atoms with van der Waals surface area (Å²) in [5.74, 6) is 0.0874. The van der Waals surface area contributed by atoms with Gasteiger partial charge in [0.2, 0.25) is 5.56 Å². The molecule has 2 aliphatic rings. The predicted molar refractivity (Wildman–Crippen MR) is 65.2 cm³/mol. The second-order valence-electron chi connectivity index (χ2n) is 4.84. The van der Waals surface area contributed by atoms with E-state index in [9.17, 15) is 9.59 Å². The number of fused-ring (bicyclic) bond motifs is 1. The summed E-state index contributed by atoms with van der Waals surface area (Å²) in [5.41, 5.74) is 1.92. The number of ether oxygens (including phenoxy) is 1. The molecule has 18 heavy (non-hydrogen) atoms. The molecule has 0 saturated carbocycles. The third kappa shape index (κ3) is 2.06. The van der Waals surface area contributed by atoms with Crippen LogP contribution in [0.4, 0.5) is 0 Å². The van der Waals surface area contributed by atoms with E-state index in [1.165, 1.54) is 6.07 Å². The van der Waals surface area contributed by atoms with E-state index < -0.39 is 0 Å². The lowest BCUT2D eigenvalue weighted by Crippen LogP contribution is -2.42. The molecule has 1 aromatic heterocycles. The molecule has 0 radical (unpaired) electrons. The lowest BCUT2D eigenvalue weighted by molar-refractivity contribution is -0.141. The maximum atomic E-state index is 12.2. The highest BCUT2D eigenvalue weighted by Gasteiger charge is 2.30. The zero-order chi connectivity index (χ0) is 12.5. The number of amides is 1. The van der Waals surface area contributed by atoms with Crippen LogP contribution in [-0.2, 0) is 22.5 Å². The highest BCUT2D eigenvalue weighted by atomic mass is 16.5. The standard InChI is InChI=1S/C13H16N2O3/c16-12-4-3-9-8-15(6-5-10(9)14-12)13(17)11-2-1-7-18-11/h3-4,11H,1-2,5-8H2,(H,14,16). The van der Waals surface area contributed by atoms with Crippen molar-refractivity contribution in [1.82, 2.24) is 9.88 Å². The Labute approximate surface area is 105 Å². The van der Waals surface area contributed by atoms with Crippen molar-refractivity contribution in [1.29, 1.82) is 0 Å². The van der Waals surface area contributed by atoms with Gasteiger partial charge in [0.15, 0.2) is 0 Å². The average molecular weight is 248 g/mol. The number of hydrogen-bond acceptors (Lipinski definition) is 3. The second kappa shape index (κ2) is 4.57. The van der Waals surface area contributed by atoms with Crippen molar-refractivity contribution < 1.29 is 9.53 Å². The zero-order valence-electron chi connectivity index (χ0n) is 10.1. The summed E-state index contributed by atoms with van der Waals surface area (Å²) in [6.45, 7) is 1.92. The van der Waals surface area contributed by atoms with Crippen LogP contribution >= 0.6 is 0 Å². The SMILES string of the molecule is O=C(C1CCCO1)N1CCc2[nH]c(=O)ccc2C1. The fraction of sp³-hybridized carbons (Fsp3) is 0.538. The molecular weight excluding hydrogens is 232 g/mol. The summed E-state index contributed by atoms with van der Waals surface area (Å²) in [7, 11) is 0. The first kappa shape index (κ1) is 11.5. The normalized spacial score (nSPS) is 22.9. The number of rotatable bonds is 1. The molecule has 5 heteroatoms. The molecule has 1 unspecified atom stereocenters. The Morgan fingerprint density at radius 3 is 3.11 bits per heavy atom. The molecule has 0 bridgehead atoms. The van der Waals surface area contributed by atoms with Crippen molar-refractivity contribution in [3.8, 4) is 0 Å². The fourth-order valence-corrected chi connectivity index (χ4v) is 2.61. The Morgan fingerprint density at radius 1 is 1.44 bits per heavy atom. The number of aromatic amines is 1. The van der Waals surface area contributed by atoms with E-state index >= 15 is 0 Å². The van der Waals surface area contributed by atoms with Gasteiger partial charge in [-0.15, -0.1) is 0 Å². The molecule has 1 fully saturated rings. The van der Waals surface area contributed by atoms with Gasteiger partial charge in [-0.25, -0.2) is 0 Å². The van der Waals surface area contributed by atoms with E-state index in [1.807, 2.05) is 11.0 Å². The lowest BCUT2D eigenvalue weighted by atomic mass is 10.0. The van der Waals surface area contributed by atoms with E-state index in [4.69, 9.17) is 4.74 Å². The van der Waals surface area contributed by atoms with E-state index in [2.05, 4.69) is 4.98 Å². The Balaban J connectivity index is 1.76. The van der Waals surface area contributed by atoms with Crippen molar-refractivity contribution in [2.75, 3.05) is 13.2 Å². The number of aromatic nitrogens is 1. The third-order valence-corrected chi connectivity index (χ3v) is 3.61. The Kier molecular flexibility index (Phi) is 2.91. The minimum Gasteiger partial charge on any atom is -0.368 e. The predicted octanol–water partition coefficient (Wildman–Crippen LogP) is 0.439. The van der Waals surface area contributed by atoms with Gasteiger partial charge < -0.3 is 14.6 Å². The Morgan fingerprint density at radius 2 is 2.33 bits per heavy atom. The summed E-state index contributed by atoms with van der Waals surface area (Å²) < 4.78 is 5.43. The number of nitrogens with one attached hydrogen (secondary N) is 1. The quantitative estimate of drug-likeness (QED) is 0.784. The van der Waals surface area contributed by atoms with Gasteiger partial charge in [-0.3, -0.25) is 9.59 Å². The van der Waals surface area contributed by atoms with E-state index in [0.717, 1.165) is 24.1 Å². The van der Waals surface area contributed by atoms with Crippen LogP contribution in [0.1, 0.15) is 24.1 Å². The minimum atomic E-state index is -0.255.